The van der Waals surface area contributed by atoms with E-state index in [2.05, 4.69) is 5.32 Å². The fourth-order valence-corrected chi connectivity index (χ4v) is 1.93. The van der Waals surface area contributed by atoms with Crippen molar-refractivity contribution in [1.82, 2.24) is 0 Å². The van der Waals surface area contributed by atoms with Crippen molar-refractivity contribution < 1.29 is 13.9 Å². The van der Waals surface area contributed by atoms with Gasteiger partial charge in [-0.15, -0.1) is 0 Å². The first kappa shape index (κ1) is 14.2. The second kappa shape index (κ2) is 6.28. The van der Waals surface area contributed by atoms with E-state index in [0.29, 0.717) is 12.1 Å². The van der Waals surface area contributed by atoms with Crippen molar-refractivity contribution in [2.45, 2.75) is 13.5 Å². The first-order chi connectivity index (χ1) is 9.62. The molecule has 1 N–H and O–H groups in total. The van der Waals surface area contributed by atoms with Crippen LogP contribution >= 0.6 is 0 Å². The number of anilines is 1. The summed E-state index contributed by atoms with van der Waals surface area (Å²) in [5, 5.41) is 3.27. The molecule has 0 bridgehead atoms. The van der Waals surface area contributed by atoms with Gasteiger partial charge in [0, 0.05) is 30.4 Å². The molecule has 3 nitrogen and oxygen atoms in total. The van der Waals surface area contributed by atoms with Crippen LogP contribution in [-0.4, -0.2) is 14.2 Å². The summed E-state index contributed by atoms with van der Waals surface area (Å²) in [6, 6.07) is 10.7. The number of benzene rings is 2. The second-order valence-corrected chi connectivity index (χ2v) is 4.54. The first-order valence-electron chi connectivity index (χ1n) is 6.34. The highest BCUT2D eigenvalue weighted by atomic mass is 19.1. The Kier molecular flexibility index (Phi) is 4.45. The highest BCUT2D eigenvalue weighted by Gasteiger charge is 2.03. The standard InChI is InChI=1S/C16H18FNO2/c1-11-6-12(4-5-16(11)17)10-18-13-7-14(19-2)9-15(8-13)20-3/h4-9,18H,10H2,1-3H3. The summed E-state index contributed by atoms with van der Waals surface area (Å²) >= 11 is 0. The Morgan fingerprint density at radius 2 is 1.65 bits per heavy atom. The van der Waals surface area contributed by atoms with Crippen LogP contribution in [0.15, 0.2) is 36.4 Å². The molecule has 0 aromatic heterocycles. The third-order valence-corrected chi connectivity index (χ3v) is 3.07. The van der Waals surface area contributed by atoms with Gasteiger partial charge in [-0.1, -0.05) is 12.1 Å². The Morgan fingerprint density at radius 1 is 1.00 bits per heavy atom. The number of rotatable bonds is 5. The zero-order valence-electron chi connectivity index (χ0n) is 11.9. The van der Waals surface area contributed by atoms with Crippen molar-refractivity contribution in [2.24, 2.45) is 0 Å². The number of halogens is 1. The van der Waals surface area contributed by atoms with E-state index in [1.165, 1.54) is 6.07 Å². The fourth-order valence-electron chi connectivity index (χ4n) is 1.93. The average Bonchev–Trinajstić information content (AvgIpc) is 2.48. The fraction of sp³-hybridized carbons (Fsp3) is 0.250. The van der Waals surface area contributed by atoms with Gasteiger partial charge in [-0.25, -0.2) is 4.39 Å². The molecule has 4 heteroatoms. The van der Waals surface area contributed by atoms with Crippen LogP contribution in [0.25, 0.3) is 0 Å². The highest BCUT2D eigenvalue weighted by molar-refractivity contribution is 5.54. The first-order valence-corrected chi connectivity index (χ1v) is 6.34. The maximum atomic E-state index is 13.2. The predicted octanol–water partition coefficient (Wildman–Crippen LogP) is 3.76. The molecule has 0 unspecified atom stereocenters. The number of hydrogen-bond donors (Lipinski definition) is 1. The summed E-state index contributed by atoms with van der Waals surface area (Å²) in [6.07, 6.45) is 0. The minimum Gasteiger partial charge on any atom is -0.497 e. The normalized spacial score (nSPS) is 10.2. The molecule has 0 radical (unpaired) electrons. The molecule has 2 rings (SSSR count). The SMILES string of the molecule is COc1cc(NCc2ccc(F)c(C)c2)cc(OC)c1. The Balaban J connectivity index is 2.11. The molecule has 106 valence electrons. The molecule has 2 aromatic rings. The summed E-state index contributed by atoms with van der Waals surface area (Å²) < 4.78 is 23.6. The third kappa shape index (κ3) is 3.41. The third-order valence-electron chi connectivity index (χ3n) is 3.07. The van der Waals surface area contributed by atoms with Crippen LogP contribution < -0.4 is 14.8 Å². The number of aryl methyl sites for hydroxylation is 1. The maximum absolute atomic E-state index is 13.2. The van der Waals surface area contributed by atoms with Crippen LogP contribution in [0, 0.1) is 12.7 Å². The van der Waals surface area contributed by atoms with Gasteiger partial charge in [0.2, 0.25) is 0 Å². The van der Waals surface area contributed by atoms with Crippen molar-refractivity contribution in [1.29, 1.82) is 0 Å². The largest absolute Gasteiger partial charge is 0.497 e. The molecule has 0 aliphatic carbocycles. The van der Waals surface area contributed by atoms with Crippen LogP contribution in [0.1, 0.15) is 11.1 Å². The van der Waals surface area contributed by atoms with Crippen LogP contribution in [0.3, 0.4) is 0 Å². The number of nitrogens with one attached hydrogen (secondary N) is 1. The van der Waals surface area contributed by atoms with E-state index in [1.54, 1.807) is 27.2 Å². The lowest BCUT2D eigenvalue weighted by atomic mass is 10.1. The Hall–Kier alpha value is -2.23. The quantitative estimate of drug-likeness (QED) is 0.901. The Bertz CT molecular complexity index is 577. The molecule has 2 aromatic carbocycles. The second-order valence-electron chi connectivity index (χ2n) is 4.54. The molecule has 0 amide bonds. The summed E-state index contributed by atoms with van der Waals surface area (Å²) in [6.45, 7) is 2.37. The van der Waals surface area contributed by atoms with E-state index in [9.17, 15) is 4.39 Å². The van der Waals surface area contributed by atoms with Gasteiger partial charge in [-0.3, -0.25) is 0 Å². The van der Waals surface area contributed by atoms with Gasteiger partial charge in [0.05, 0.1) is 14.2 Å². The molecule has 0 aliphatic rings. The van der Waals surface area contributed by atoms with Crippen molar-refractivity contribution in [2.75, 3.05) is 19.5 Å². The molecule has 0 spiro atoms. The average molecular weight is 275 g/mol. The van der Waals surface area contributed by atoms with E-state index in [1.807, 2.05) is 24.3 Å². The zero-order valence-corrected chi connectivity index (χ0v) is 11.9. The smallest absolute Gasteiger partial charge is 0.126 e. The van der Waals surface area contributed by atoms with E-state index in [0.717, 1.165) is 22.7 Å². The van der Waals surface area contributed by atoms with Gasteiger partial charge < -0.3 is 14.8 Å². The zero-order chi connectivity index (χ0) is 14.5. The minimum atomic E-state index is -0.184. The van der Waals surface area contributed by atoms with Gasteiger partial charge >= 0.3 is 0 Å². The number of methoxy groups -OCH3 is 2. The van der Waals surface area contributed by atoms with E-state index >= 15 is 0 Å². The molecule has 20 heavy (non-hydrogen) atoms. The monoisotopic (exact) mass is 275 g/mol. The van der Waals surface area contributed by atoms with Crippen LogP contribution in [0.5, 0.6) is 11.5 Å². The molecule has 0 saturated heterocycles. The Morgan fingerprint density at radius 3 is 2.20 bits per heavy atom. The molecule has 0 saturated carbocycles. The van der Waals surface area contributed by atoms with E-state index in [4.69, 9.17) is 9.47 Å². The topological polar surface area (TPSA) is 30.5 Å². The maximum Gasteiger partial charge on any atom is 0.126 e. The van der Waals surface area contributed by atoms with Gasteiger partial charge in [-0.05, 0) is 24.1 Å². The van der Waals surface area contributed by atoms with Crippen molar-refractivity contribution >= 4 is 5.69 Å². The van der Waals surface area contributed by atoms with E-state index < -0.39 is 0 Å². The van der Waals surface area contributed by atoms with Crippen LogP contribution in [0.2, 0.25) is 0 Å². The lowest BCUT2D eigenvalue weighted by Crippen LogP contribution is -2.01. The molecular formula is C16H18FNO2. The van der Waals surface area contributed by atoms with Gasteiger partial charge in [0.25, 0.3) is 0 Å². The summed E-state index contributed by atoms with van der Waals surface area (Å²) in [5.41, 5.74) is 2.56. The predicted molar refractivity (Wildman–Crippen MR) is 78.0 cm³/mol. The van der Waals surface area contributed by atoms with Crippen molar-refractivity contribution in [3.05, 3.63) is 53.3 Å². The number of ether oxygens (including phenoxy) is 2. The highest BCUT2D eigenvalue weighted by Crippen LogP contribution is 2.26. The molecule has 0 heterocycles. The van der Waals surface area contributed by atoms with Gasteiger partial charge in [-0.2, -0.15) is 0 Å². The molecule has 0 aliphatic heterocycles. The van der Waals surface area contributed by atoms with E-state index in [-0.39, 0.29) is 5.82 Å². The number of hydrogen-bond acceptors (Lipinski definition) is 3. The lowest BCUT2D eigenvalue weighted by molar-refractivity contribution is 0.394. The summed E-state index contributed by atoms with van der Waals surface area (Å²) in [7, 11) is 3.23. The molecular weight excluding hydrogens is 257 g/mol. The summed E-state index contributed by atoms with van der Waals surface area (Å²) in [4.78, 5) is 0. The molecule has 0 atom stereocenters. The van der Waals surface area contributed by atoms with Crippen LogP contribution in [0.4, 0.5) is 10.1 Å². The minimum absolute atomic E-state index is 0.184. The molecule has 0 fully saturated rings. The lowest BCUT2D eigenvalue weighted by Gasteiger charge is -2.11. The summed E-state index contributed by atoms with van der Waals surface area (Å²) in [5.74, 6) is 1.26. The van der Waals surface area contributed by atoms with Gasteiger partial charge in [0.15, 0.2) is 0 Å². The van der Waals surface area contributed by atoms with Crippen LogP contribution in [-0.2, 0) is 6.54 Å². The van der Waals surface area contributed by atoms with Gasteiger partial charge in [0.1, 0.15) is 17.3 Å². The van der Waals surface area contributed by atoms with Crippen molar-refractivity contribution in [3.63, 3.8) is 0 Å². The van der Waals surface area contributed by atoms with Crippen molar-refractivity contribution in [3.8, 4) is 11.5 Å². The Labute approximate surface area is 118 Å².